The summed E-state index contributed by atoms with van der Waals surface area (Å²) in [7, 11) is 0. The van der Waals surface area contributed by atoms with Crippen molar-refractivity contribution < 1.29 is 8.81 Å². The smallest absolute Gasteiger partial charge is 0.125 e. The Kier molecular flexibility index (Phi) is 3.59. The first-order valence-corrected chi connectivity index (χ1v) is 5.72. The van der Waals surface area contributed by atoms with Crippen LogP contribution in [0.3, 0.4) is 0 Å². The maximum atomic E-state index is 12.8. The standard InChI is InChI=1S/C14H16FNO/c1-10(2)16-9-14-13(7-8-17-14)11-3-5-12(15)6-4-11/h3-8,10,16H,9H2,1-2H3. The summed E-state index contributed by atoms with van der Waals surface area (Å²) in [6.07, 6.45) is 1.66. The van der Waals surface area contributed by atoms with Gasteiger partial charge in [0.25, 0.3) is 0 Å². The topological polar surface area (TPSA) is 25.2 Å². The maximum Gasteiger partial charge on any atom is 0.125 e. The molecule has 0 aliphatic rings. The number of furan rings is 1. The summed E-state index contributed by atoms with van der Waals surface area (Å²) in [5.74, 6) is 0.657. The lowest BCUT2D eigenvalue weighted by atomic mass is 10.1. The van der Waals surface area contributed by atoms with Crippen molar-refractivity contribution in [2.75, 3.05) is 0 Å². The normalized spacial score (nSPS) is 11.1. The molecule has 90 valence electrons. The Balaban J connectivity index is 2.21. The van der Waals surface area contributed by atoms with Crippen LogP contribution >= 0.6 is 0 Å². The molecular formula is C14H16FNO. The third kappa shape index (κ3) is 2.94. The van der Waals surface area contributed by atoms with Gasteiger partial charge in [0.05, 0.1) is 12.8 Å². The van der Waals surface area contributed by atoms with E-state index in [-0.39, 0.29) is 5.82 Å². The van der Waals surface area contributed by atoms with Crippen molar-refractivity contribution in [3.05, 3.63) is 48.2 Å². The van der Waals surface area contributed by atoms with Crippen molar-refractivity contribution >= 4 is 0 Å². The van der Waals surface area contributed by atoms with Crippen LogP contribution in [0.25, 0.3) is 11.1 Å². The molecule has 3 heteroatoms. The van der Waals surface area contributed by atoms with E-state index in [4.69, 9.17) is 4.42 Å². The van der Waals surface area contributed by atoms with Gasteiger partial charge in [0.15, 0.2) is 0 Å². The molecule has 1 aromatic carbocycles. The summed E-state index contributed by atoms with van der Waals surface area (Å²) >= 11 is 0. The molecule has 1 aromatic heterocycles. The zero-order valence-corrected chi connectivity index (χ0v) is 10.0. The summed E-state index contributed by atoms with van der Waals surface area (Å²) < 4.78 is 18.3. The zero-order valence-electron chi connectivity index (χ0n) is 10.0. The van der Waals surface area contributed by atoms with Crippen molar-refractivity contribution in [3.8, 4) is 11.1 Å². The van der Waals surface area contributed by atoms with Crippen molar-refractivity contribution in [3.63, 3.8) is 0 Å². The van der Waals surface area contributed by atoms with Gasteiger partial charge in [0, 0.05) is 11.6 Å². The molecule has 1 heterocycles. The number of halogens is 1. The van der Waals surface area contributed by atoms with Crippen LogP contribution in [0.15, 0.2) is 41.0 Å². The lowest BCUT2D eigenvalue weighted by Gasteiger charge is -2.07. The Hall–Kier alpha value is -1.61. The molecule has 2 rings (SSSR count). The van der Waals surface area contributed by atoms with Gasteiger partial charge in [0.2, 0.25) is 0 Å². The summed E-state index contributed by atoms with van der Waals surface area (Å²) in [6.45, 7) is 4.85. The average Bonchev–Trinajstić information content (AvgIpc) is 2.75. The first kappa shape index (κ1) is 11.9. The summed E-state index contributed by atoms with van der Waals surface area (Å²) in [5.41, 5.74) is 1.99. The average molecular weight is 233 g/mol. The summed E-state index contributed by atoms with van der Waals surface area (Å²) in [5, 5.41) is 3.30. The third-order valence-corrected chi connectivity index (χ3v) is 2.57. The first-order chi connectivity index (χ1) is 8.16. The van der Waals surface area contributed by atoms with Crippen LogP contribution in [-0.2, 0) is 6.54 Å². The second-order valence-corrected chi connectivity index (χ2v) is 4.30. The fourth-order valence-electron chi connectivity index (χ4n) is 1.66. The fraction of sp³-hybridized carbons (Fsp3) is 0.286. The highest BCUT2D eigenvalue weighted by molar-refractivity contribution is 5.65. The number of rotatable bonds is 4. The number of nitrogens with one attached hydrogen (secondary N) is 1. The van der Waals surface area contributed by atoms with E-state index in [0.29, 0.717) is 12.6 Å². The van der Waals surface area contributed by atoms with E-state index in [1.54, 1.807) is 18.4 Å². The first-order valence-electron chi connectivity index (χ1n) is 5.72. The quantitative estimate of drug-likeness (QED) is 0.873. The monoisotopic (exact) mass is 233 g/mol. The van der Waals surface area contributed by atoms with Crippen LogP contribution in [0.5, 0.6) is 0 Å². The van der Waals surface area contributed by atoms with Crippen molar-refractivity contribution in [2.45, 2.75) is 26.4 Å². The van der Waals surface area contributed by atoms with Crippen LogP contribution < -0.4 is 5.32 Å². The molecule has 0 aliphatic heterocycles. The van der Waals surface area contributed by atoms with Gasteiger partial charge in [-0.3, -0.25) is 0 Å². The molecule has 0 fully saturated rings. The van der Waals surface area contributed by atoms with E-state index in [1.165, 1.54) is 12.1 Å². The van der Waals surface area contributed by atoms with Crippen molar-refractivity contribution in [1.82, 2.24) is 5.32 Å². The lowest BCUT2D eigenvalue weighted by Crippen LogP contribution is -2.21. The van der Waals surface area contributed by atoms with E-state index in [9.17, 15) is 4.39 Å². The number of hydrogen-bond donors (Lipinski definition) is 1. The fourth-order valence-corrected chi connectivity index (χ4v) is 1.66. The van der Waals surface area contributed by atoms with Crippen molar-refractivity contribution in [2.24, 2.45) is 0 Å². The highest BCUT2D eigenvalue weighted by Crippen LogP contribution is 2.25. The highest BCUT2D eigenvalue weighted by Gasteiger charge is 2.08. The molecule has 0 radical (unpaired) electrons. The predicted octanol–water partition coefficient (Wildman–Crippen LogP) is 3.58. The van der Waals surface area contributed by atoms with E-state index >= 15 is 0 Å². The molecule has 0 saturated heterocycles. The lowest BCUT2D eigenvalue weighted by molar-refractivity contribution is 0.466. The zero-order chi connectivity index (χ0) is 12.3. The van der Waals surface area contributed by atoms with E-state index in [1.807, 2.05) is 6.07 Å². The Morgan fingerprint density at radius 2 is 1.88 bits per heavy atom. The van der Waals surface area contributed by atoms with E-state index < -0.39 is 0 Å². The SMILES string of the molecule is CC(C)NCc1occc1-c1ccc(F)cc1. The molecular weight excluding hydrogens is 217 g/mol. The van der Waals surface area contributed by atoms with Gasteiger partial charge in [0.1, 0.15) is 11.6 Å². The van der Waals surface area contributed by atoms with Gasteiger partial charge in [-0.2, -0.15) is 0 Å². The van der Waals surface area contributed by atoms with Crippen LogP contribution in [0.2, 0.25) is 0 Å². The molecule has 0 spiro atoms. The molecule has 2 nitrogen and oxygen atoms in total. The molecule has 0 bridgehead atoms. The third-order valence-electron chi connectivity index (χ3n) is 2.57. The predicted molar refractivity (Wildman–Crippen MR) is 66.1 cm³/mol. The van der Waals surface area contributed by atoms with E-state index in [0.717, 1.165) is 16.9 Å². The van der Waals surface area contributed by atoms with Gasteiger partial charge in [-0.25, -0.2) is 4.39 Å². The molecule has 17 heavy (non-hydrogen) atoms. The minimum Gasteiger partial charge on any atom is -0.467 e. The number of hydrogen-bond acceptors (Lipinski definition) is 2. The Morgan fingerprint density at radius 3 is 2.53 bits per heavy atom. The molecule has 2 aromatic rings. The van der Waals surface area contributed by atoms with Gasteiger partial charge < -0.3 is 9.73 Å². The van der Waals surface area contributed by atoms with Gasteiger partial charge >= 0.3 is 0 Å². The maximum absolute atomic E-state index is 12.8. The second-order valence-electron chi connectivity index (χ2n) is 4.30. The molecule has 0 saturated carbocycles. The molecule has 0 amide bonds. The van der Waals surface area contributed by atoms with Crippen molar-refractivity contribution in [1.29, 1.82) is 0 Å². The number of benzene rings is 1. The van der Waals surface area contributed by atoms with Gasteiger partial charge in [-0.15, -0.1) is 0 Å². The molecule has 0 atom stereocenters. The van der Waals surface area contributed by atoms with Crippen LogP contribution in [0, 0.1) is 5.82 Å². The Bertz CT molecular complexity index is 473. The molecule has 1 N–H and O–H groups in total. The summed E-state index contributed by atoms with van der Waals surface area (Å²) in [6, 6.07) is 8.76. The summed E-state index contributed by atoms with van der Waals surface area (Å²) in [4.78, 5) is 0. The van der Waals surface area contributed by atoms with Crippen LogP contribution in [-0.4, -0.2) is 6.04 Å². The Labute approximate surface area is 100 Å². The second kappa shape index (κ2) is 5.15. The molecule has 0 aliphatic carbocycles. The minimum atomic E-state index is -0.223. The highest BCUT2D eigenvalue weighted by atomic mass is 19.1. The van der Waals surface area contributed by atoms with Gasteiger partial charge in [-0.1, -0.05) is 26.0 Å². The largest absolute Gasteiger partial charge is 0.467 e. The van der Waals surface area contributed by atoms with E-state index in [2.05, 4.69) is 19.2 Å². The van der Waals surface area contributed by atoms with Crippen LogP contribution in [0.1, 0.15) is 19.6 Å². The van der Waals surface area contributed by atoms with Crippen LogP contribution in [0.4, 0.5) is 4.39 Å². The Morgan fingerprint density at radius 1 is 1.18 bits per heavy atom. The minimum absolute atomic E-state index is 0.223. The van der Waals surface area contributed by atoms with Gasteiger partial charge in [-0.05, 0) is 23.8 Å². The molecule has 0 unspecified atom stereocenters.